The predicted octanol–water partition coefficient (Wildman–Crippen LogP) is 3.69. The molecule has 2 fully saturated rings. The van der Waals surface area contributed by atoms with Crippen LogP contribution in [0.3, 0.4) is 0 Å². The van der Waals surface area contributed by atoms with Crippen molar-refractivity contribution in [1.82, 2.24) is 5.32 Å². The summed E-state index contributed by atoms with van der Waals surface area (Å²) in [5.74, 6) is 1.95. The van der Waals surface area contributed by atoms with Gasteiger partial charge in [0.15, 0.2) is 0 Å². The van der Waals surface area contributed by atoms with E-state index in [-0.39, 0.29) is 0 Å². The van der Waals surface area contributed by atoms with Gasteiger partial charge in [-0.1, -0.05) is 26.2 Å². The molecule has 2 rings (SSSR count). The first-order valence-electron chi connectivity index (χ1n) is 7.00. The molecule has 2 aliphatic carbocycles. The van der Waals surface area contributed by atoms with Crippen molar-refractivity contribution in [2.24, 2.45) is 11.8 Å². The Balaban J connectivity index is 1.61. The van der Waals surface area contributed by atoms with E-state index in [4.69, 9.17) is 0 Å². The highest BCUT2D eigenvalue weighted by molar-refractivity contribution is 8.00. The Kier molecular flexibility index (Phi) is 4.60. The van der Waals surface area contributed by atoms with Gasteiger partial charge in [0.2, 0.25) is 0 Å². The highest BCUT2D eigenvalue weighted by atomic mass is 32.2. The lowest BCUT2D eigenvalue weighted by molar-refractivity contribution is 0.269. The van der Waals surface area contributed by atoms with Crippen LogP contribution in [0.1, 0.15) is 51.9 Å². The van der Waals surface area contributed by atoms with Crippen molar-refractivity contribution in [3.8, 4) is 0 Å². The van der Waals surface area contributed by atoms with Crippen molar-refractivity contribution in [2.75, 3.05) is 19.3 Å². The maximum Gasteiger partial charge on any atom is 0.0281 e. The fourth-order valence-corrected chi connectivity index (χ4v) is 4.00. The van der Waals surface area contributed by atoms with Crippen LogP contribution in [0.4, 0.5) is 0 Å². The zero-order valence-corrected chi connectivity index (χ0v) is 11.7. The van der Waals surface area contributed by atoms with Crippen molar-refractivity contribution in [3.05, 3.63) is 0 Å². The molecule has 0 aliphatic heterocycles. The summed E-state index contributed by atoms with van der Waals surface area (Å²) in [5.41, 5.74) is 0. The summed E-state index contributed by atoms with van der Waals surface area (Å²) in [5, 5.41) is 3.74. The predicted molar refractivity (Wildman–Crippen MR) is 74.1 cm³/mol. The molecule has 0 aromatic heterocycles. The van der Waals surface area contributed by atoms with Crippen molar-refractivity contribution in [1.29, 1.82) is 0 Å². The van der Waals surface area contributed by atoms with Gasteiger partial charge in [-0.05, 0) is 50.3 Å². The van der Waals surface area contributed by atoms with Gasteiger partial charge in [-0.25, -0.2) is 0 Å². The second-order valence-electron chi connectivity index (χ2n) is 6.00. The largest absolute Gasteiger partial charge is 0.315 e. The summed E-state index contributed by atoms with van der Waals surface area (Å²) in [6.07, 6.45) is 12.4. The molecule has 2 aliphatic rings. The number of thioether (sulfide) groups is 1. The lowest BCUT2D eigenvalue weighted by atomic mass is 9.82. The van der Waals surface area contributed by atoms with Gasteiger partial charge in [0, 0.05) is 11.3 Å². The highest BCUT2D eigenvalue weighted by Gasteiger charge is 2.35. The third kappa shape index (κ3) is 3.16. The van der Waals surface area contributed by atoms with Crippen molar-refractivity contribution < 1.29 is 0 Å². The first kappa shape index (κ1) is 12.8. The third-order valence-electron chi connectivity index (χ3n) is 4.71. The van der Waals surface area contributed by atoms with Crippen LogP contribution in [0.15, 0.2) is 0 Å². The molecular formula is C14H27NS. The zero-order chi connectivity index (χ0) is 11.4. The first-order chi connectivity index (χ1) is 7.74. The number of hydrogen-bond donors (Lipinski definition) is 1. The molecule has 0 unspecified atom stereocenters. The van der Waals surface area contributed by atoms with Gasteiger partial charge in [0.1, 0.15) is 0 Å². The van der Waals surface area contributed by atoms with Gasteiger partial charge in [0.05, 0.1) is 0 Å². The second-order valence-corrected chi connectivity index (χ2v) is 7.27. The number of nitrogens with one attached hydrogen (secondary N) is 1. The molecule has 0 amide bonds. The Morgan fingerprint density at radius 1 is 1.19 bits per heavy atom. The maximum atomic E-state index is 3.74. The molecule has 0 aromatic rings. The van der Waals surface area contributed by atoms with Crippen molar-refractivity contribution in [2.45, 2.75) is 56.6 Å². The molecule has 94 valence electrons. The van der Waals surface area contributed by atoms with E-state index in [1.807, 2.05) is 0 Å². The monoisotopic (exact) mass is 241 g/mol. The Hall–Kier alpha value is 0.310. The minimum Gasteiger partial charge on any atom is -0.315 e. The molecule has 1 N–H and O–H groups in total. The lowest BCUT2D eigenvalue weighted by Gasteiger charge is -2.41. The van der Waals surface area contributed by atoms with Crippen LogP contribution >= 0.6 is 11.8 Å². The van der Waals surface area contributed by atoms with E-state index < -0.39 is 0 Å². The Bertz CT molecular complexity index is 199. The van der Waals surface area contributed by atoms with Crippen LogP contribution in [-0.4, -0.2) is 24.1 Å². The van der Waals surface area contributed by atoms with Gasteiger partial charge < -0.3 is 5.32 Å². The van der Waals surface area contributed by atoms with Gasteiger partial charge in [0.25, 0.3) is 0 Å². The zero-order valence-electron chi connectivity index (χ0n) is 10.9. The molecule has 0 heterocycles. The van der Waals surface area contributed by atoms with Crippen LogP contribution < -0.4 is 5.32 Å². The Morgan fingerprint density at radius 3 is 2.38 bits per heavy atom. The van der Waals surface area contributed by atoms with Crippen LogP contribution in [-0.2, 0) is 0 Å². The van der Waals surface area contributed by atoms with Gasteiger partial charge in [-0.3, -0.25) is 0 Å². The van der Waals surface area contributed by atoms with E-state index in [1.165, 1.54) is 58.0 Å². The molecule has 1 nitrogen and oxygen atoms in total. The molecule has 0 aromatic carbocycles. The topological polar surface area (TPSA) is 12.0 Å². The van der Waals surface area contributed by atoms with Crippen molar-refractivity contribution >= 4 is 11.8 Å². The Morgan fingerprint density at radius 2 is 1.88 bits per heavy atom. The van der Waals surface area contributed by atoms with E-state index in [0.29, 0.717) is 4.75 Å². The minimum absolute atomic E-state index is 0.613. The van der Waals surface area contributed by atoms with Gasteiger partial charge in [-0.15, -0.1) is 0 Å². The fourth-order valence-electron chi connectivity index (χ4n) is 3.06. The van der Waals surface area contributed by atoms with E-state index in [0.717, 1.165) is 11.8 Å². The van der Waals surface area contributed by atoms with Crippen molar-refractivity contribution in [3.63, 3.8) is 0 Å². The van der Waals surface area contributed by atoms with E-state index in [2.05, 4.69) is 30.3 Å². The average molecular weight is 241 g/mol. The summed E-state index contributed by atoms with van der Waals surface area (Å²) in [4.78, 5) is 0. The van der Waals surface area contributed by atoms with E-state index >= 15 is 0 Å². The highest BCUT2D eigenvalue weighted by Crippen LogP contribution is 2.42. The molecule has 2 heteroatoms. The van der Waals surface area contributed by atoms with E-state index in [1.54, 1.807) is 0 Å². The molecular weight excluding hydrogens is 214 g/mol. The SMILES string of the molecule is CSC1(CNCC2CCC(C)CC2)CCC1. The summed E-state index contributed by atoms with van der Waals surface area (Å²) < 4.78 is 0.613. The van der Waals surface area contributed by atoms with E-state index in [9.17, 15) is 0 Å². The van der Waals surface area contributed by atoms with Gasteiger partial charge >= 0.3 is 0 Å². The first-order valence-corrected chi connectivity index (χ1v) is 8.22. The van der Waals surface area contributed by atoms with Crippen LogP contribution in [0, 0.1) is 11.8 Å². The summed E-state index contributed by atoms with van der Waals surface area (Å²) in [6.45, 7) is 4.93. The summed E-state index contributed by atoms with van der Waals surface area (Å²) >= 11 is 2.08. The van der Waals surface area contributed by atoms with Crippen LogP contribution in [0.5, 0.6) is 0 Å². The number of rotatable bonds is 5. The lowest BCUT2D eigenvalue weighted by Crippen LogP contribution is -2.44. The third-order valence-corrected chi connectivity index (χ3v) is 6.13. The fraction of sp³-hybridized carbons (Fsp3) is 1.00. The van der Waals surface area contributed by atoms with Crippen LogP contribution in [0.2, 0.25) is 0 Å². The van der Waals surface area contributed by atoms with Crippen LogP contribution in [0.25, 0.3) is 0 Å². The standard InChI is InChI=1S/C14H27NS/c1-12-4-6-13(7-5-12)10-15-11-14(16-2)8-3-9-14/h12-13,15H,3-11H2,1-2H3. The summed E-state index contributed by atoms with van der Waals surface area (Å²) in [7, 11) is 0. The number of hydrogen-bond acceptors (Lipinski definition) is 2. The maximum absolute atomic E-state index is 3.74. The normalized spacial score (nSPS) is 33.4. The Labute approximate surface area is 105 Å². The summed E-state index contributed by atoms with van der Waals surface area (Å²) in [6, 6.07) is 0. The molecule has 16 heavy (non-hydrogen) atoms. The quantitative estimate of drug-likeness (QED) is 0.788. The second kappa shape index (κ2) is 5.77. The van der Waals surface area contributed by atoms with Gasteiger partial charge in [-0.2, -0.15) is 11.8 Å². The molecule has 2 saturated carbocycles. The molecule has 0 saturated heterocycles. The molecule has 0 radical (unpaired) electrons. The smallest absolute Gasteiger partial charge is 0.0281 e. The molecule has 0 bridgehead atoms. The molecule has 0 spiro atoms. The minimum atomic E-state index is 0.613. The average Bonchev–Trinajstić information content (AvgIpc) is 2.25. The molecule has 0 atom stereocenters.